The smallest absolute Gasteiger partial charge is 0.237 e. The molecule has 3 heteroatoms. The number of amides is 1. The third-order valence-electron chi connectivity index (χ3n) is 4.21. The summed E-state index contributed by atoms with van der Waals surface area (Å²) in [5.74, 6) is 0.268. The second-order valence-electron chi connectivity index (χ2n) is 5.77. The van der Waals surface area contributed by atoms with Crippen molar-refractivity contribution in [2.75, 3.05) is 32.7 Å². The summed E-state index contributed by atoms with van der Waals surface area (Å²) >= 11 is 0. The first-order valence-corrected chi connectivity index (χ1v) is 7.85. The lowest BCUT2D eigenvalue weighted by atomic mass is 9.98. The molecule has 1 amide bonds. The molecule has 1 fully saturated rings. The highest BCUT2D eigenvalue weighted by molar-refractivity contribution is 5.78. The molecule has 21 heavy (non-hydrogen) atoms. The number of hydrogen-bond acceptors (Lipinski definition) is 2. The normalized spacial score (nSPS) is 19.8. The van der Waals surface area contributed by atoms with Crippen LogP contribution in [0.5, 0.6) is 0 Å². The number of allylic oxidation sites excluding steroid dienone is 4. The van der Waals surface area contributed by atoms with Crippen molar-refractivity contribution >= 4 is 5.91 Å². The standard InChI is InChI=1S/C18H26N2O/c1-3-4-5-8-16(2)17-9-13-20(14-10-17)18(21)15-19-11-6-7-12-19/h3-5,9H,1-2,6-8,10-15H2/b5-4-. The quantitative estimate of drug-likeness (QED) is 0.701. The summed E-state index contributed by atoms with van der Waals surface area (Å²) in [7, 11) is 0. The molecule has 0 aliphatic carbocycles. The minimum absolute atomic E-state index is 0.268. The fraction of sp³-hybridized carbons (Fsp3) is 0.500. The van der Waals surface area contributed by atoms with Crippen LogP contribution >= 0.6 is 0 Å². The van der Waals surface area contributed by atoms with Gasteiger partial charge >= 0.3 is 0 Å². The molecule has 1 saturated heterocycles. The highest BCUT2D eigenvalue weighted by Crippen LogP contribution is 2.21. The third-order valence-corrected chi connectivity index (χ3v) is 4.21. The molecule has 3 nitrogen and oxygen atoms in total. The third kappa shape index (κ3) is 4.71. The van der Waals surface area contributed by atoms with Gasteiger partial charge in [0, 0.05) is 13.1 Å². The van der Waals surface area contributed by atoms with Crippen LogP contribution in [0.4, 0.5) is 0 Å². The molecule has 0 radical (unpaired) electrons. The van der Waals surface area contributed by atoms with Crippen LogP contribution in [0.2, 0.25) is 0 Å². The van der Waals surface area contributed by atoms with E-state index in [2.05, 4.69) is 30.2 Å². The van der Waals surface area contributed by atoms with Gasteiger partial charge in [-0.3, -0.25) is 9.69 Å². The average molecular weight is 286 g/mol. The summed E-state index contributed by atoms with van der Waals surface area (Å²) in [6.45, 7) is 12.1. The number of carbonyl (C=O) groups excluding carboxylic acids is 1. The maximum Gasteiger partial charge on any atom is 0.237 e. The molecule has 0 atom stereocenters. The van der Waals surface area contributed by atoms with Gasteiger partial charge in [-0.25, -0.2) is 0 Å². The Balaban J connectivity index is 1.80. The Kier molecular flexibility index (Phi) is 6.00. The van der Waals surface area contributed by atoms with Crippen molar-refractivity contribution < 1.29 is 4.79 Å². The molecule has 0 aromatic rings. The van der Waals surface area contributed by atoms with Crippen molar-refractivity contribution in [1.82, 2.24) is 9.80 Å². The minimum atomic E-state index is 0.268. The predicted octanol–water partition coefficient (Wildman–Crippen LogP) is 2.93. The van der Waals surface area contributed by atoms with E-state index in [1.165, 1.54) is 18.4 Å². The van der Waals surface area contributed by atoms with E-state index < -0.39 is 0 Å². The number of hydrogen-bond donors (Lipinski definition) is 0. The first kappa shape index (κ1) is 15.8. The fourth-order valence-corrected chi connectivity index (χ4v) is 2.89. The second-order valence-corrected chi connectivity index (χ2v) is 5.77. The zero-order valence-electron chi connectivity index (χ0n) is 12.9. The molecule has 2 aliphatic rings. The molecule has 0 N–H and O–H groups in total. The number of rotatable bonds is 6. The van der Waals surface area contributed by atoms with E-state index in [-0.39, 0.29) is 5.91 Å². The van der Waals surface area contributed by atoms with E-state index in [1.54, 1.807) is 6.08 Å². The SMILES string of the molecule is C=C/C=C\CC(=C)C1=CCN(C(=O)CN2CCCC2)CC1. The van der Waals surface area contributed by atoms with Gasteiger partial charge in [-0.05, 0) is 49.9 Å². The highest BCUT2D eigenvalue weighted by Gasteiger charge is 2.21. The van der Waals surface area contributed by atoms with E-state index in [0.29, 0.717) is 6.54 Å². The van der Waals surface area contributed by atoms with Crippen LogP contribution in [0, 0.1) is 0 Å². The number of likely N-dealkylation sites (tertiary alicyclic amines) is 1. The number of carbonyl (C=O) groups is 1. The lowest BCUT2D eigenvalue weighted by Crippen LogP contribution is -2.41. The Morgan fingerprint density at radius 2 is 2.05 bits per heavy atom. The second kappa shape index (κ2) is 7.99. The molecular formula is C18H26N2O. The van der Waals surface area contributed by atoms with Gasteiger partial charge in [-0.1, -0.05) is 37.5 Å². The van der Waals surface area contributed by atoms with Gasteiger partial charge in [0.1, 0.15) is 0 Å². The first-order chi connectivity index (χ1) is 10.2. The van der Waals surface area contributed by atoms with Crippen LogP contribution in [0.3, 0.4) is 0 Å². The van der Waals surface area contributed by atoms with E-state index in [0.717, 1.165) is 44.6 Å². The van der Waals surface area contributed by atoms with Crippen molar-refractivity contribution in [2.24, 2.45) is 0 Å². The van der Waals surface area contributed by atoms with Crippen LogP contribution in [-0.4, -0.2) is 48.4 Å². The van der Waals surface area contributed by atoms with Gasteiger partial charge in [-0.15, -0.1) is 0 Å². The minimum Gasteiger partial charge on any atom is -0.338 e. The number of nitrogens with zero attached hydrogens (tertiary/aromatic N) is 2. The molecule has 2 heterocycles. The Bertz CT molecular complexity index is 456. The van der Waals surface area contributed by atoms with E-state index in [9.17, 15) is 4.79 Å². The van der Waals surface area contributed by atoms with Crippen LogP contribution in [0.25, 0.3) is 0 Å². The van der Waals surface area contributed by atoms with Crippen LogP contribution in [0.15, 0.2) is 48.6 Å². The highest BCUT2D eigenvalue weighted by atomic mass is 16.2. The lowest BCUT2D eigenvalue weighted by Gasteiger charge is -2.28. The van der Waals surface area contributed by atoms with E-state index in [4.69, 9.17) is 0 Å². The summed E-state index contributed by atoms with van der Waals surface area (Å²) in [4.78, 5) is 16.5. The van der Waals surface area contributed by atoms with Gasteiger partial charge in [0.05, 0.1) is 6.54 Å². The van der Waals surface area contributed by atoms with Crippen LogP contribution in [0.1, 0.15) is 25.7 Å². The topological polar surface area (TPSA) is 23.6 Å². The molecule has 0 aromatic carbocycles. The molecular weight excluding hydrogens is 260 g/mol. The van der Waals surface area contributed by atoms with Crippen LogP contribution < -0.4 is 0 Å². The maximum atomic E-state index is 12.3. The summed E-state index contributed by atoms with van der Waals surface area (Å²) in [5, 5.41) is 0. The molecule has 0 bridgehead atoms. The predicted molar refractivity (Wildman–Crippen MR) is 88.0 cm³/mol. The van der Waals surface area contributed by atoms with Crippen LogP contribution in [-0.2, 0) is 4.79 Å². The maximum absolute atomic E-state index is 12.3. The summed E-state index contributed by atoms with van der Waals surface area (Å²) in [6, 6.07) is 0. The van der Waals surface area contributed by atoms with Gasteiger partial charge in [0.15, 0.2) is 0 Å². The van der Waals surface area contributed by atoms with Gasteiger partial charge < -0.3 is 4.90 Å². The Morgan fingerprint density at radius 1 is 1.29 bits per heavy atom. The largest absolute Gasteiger partial charge is 0.338 e. The van der Waals surface area contributed by atoms with Crippen molar-refractivity contribution in [3.8, 4) is 0 Å². The molecule has 114 valence electrons. The summed E-state index contributed by atoms with van der Waals surface area (Å²) < 4.78 is 0. The fourth-order valence-electron chi connectivity index (χ4n) is 2.89. The zero-order valence-corrected chi connectivity index (χ0v) is 12.9. The first-order valence-electron chi connectivity index (χ1n) is 7.85. The Labute approximate surface area is 128 Å². The Morgan fingerprint density at radius 3 is 2.67 bits per heavy atom. The van der Waals surface area contributed by atoms with E-state index in [1.807, 2.05) is 11.0 Å². The van der Waals surface area contributed by atoms with Crippen molar-refractivity contribution in [1.29, 1.82) is 0 Å². The molecule has 0 spiro atoms. The van der Waals surface area contributed by atoms with Crippen molar-refractivity contribution in [2.45, 2.75) is 25.7 Å². The summed E-state index contributed by atoms with van der Waals surface area (Å²) in [6.07, 6.45) is 12.2. The van der Waals surface area contributed by atoms with Gasteiger partial charge in [-0.2, -0.15) is 0 Å². The van der Waals surface area contributed by atoms with Gasteiger partial charge in [0.25, 0.3) is 0 Å². The van der Waals surface area contributed by atoms with E-state index >= 15 is 0 Å². The monoisotopic (exact) mass is 286 g/mol. The molecule has 2 aliphatic heterocycles. The zero-order chi connectivity index (χ0) is 15.1. The van der Waals surface area contributed by atoms with Crippen molar-refractivity contribution in [3.05, 3.63) is 48.6 Å². The molecule has 2 rings (SSSR count). The average Bonchev–Trinajstić information content (AvgIpc) is 3.00. The molecule has 0 saturated carbocycles. The molecule has 0 unspecified atom stereocenters. The summed E-state index contributed by atoms with van der Waals surface area (Å²) in [5.41, 5.74) is 2.45. The Hall–Kier alpha value is -1.61. The van der Waals surface area contributed by atoms with Crippen molar-refractivity contribution in [3.63, 3.8) is 0 Å². The van der Waals surface area contributed by atoms with Gasteiger partial charge in [0.2, 0.25) is 5.91 Å². The molecule has 0 aromatic heterocycles. The lowest BCUT2D eigenvalue weighted by molar-refractivity contribution is -0.131.